The van der Waals surface area contributed by atoms with Crippen LogP contribution in [0.2, 0.25) is 0 Å². The fourth-order valence-electron chi connectivity index (χ4n) is 0.342. The average Bonchev–Trinajstić information content (AvgIpc) is 1.93. The van der Waals surface area contributed by atoms with E-state index < -0.39 is 0 Å². The Morgan fingerprint density at radius 2 is 1.36 bits per heavy atom. The van der Waals surface area contributed by atoms with Crippen molar-refractivity contribution in [3.8, 4) is 0 Å². The van der Waals surface area contributed by atoms with Crippen LogP contribution in [0.25, 0.3) is 0 Å². The van der Waals surface area contributed by atoms with Crippen LogP contribution in [0.4, 0.5) is 0 Å². The van der Waals surface area contributed by atoms with Crippen molar-refractivity contribution in [2.45, 2.75) is 0 Å². The first-order chi connectivity index (χ1) is 4.41. The molecular formula is C5H8Cl3MnNO. The molecule has 3 N–H and O–H groups in total. The minimum atomic E-state index is 0. The Labute approximate surface area is 86.6 Å². The van der Waals surface area contributed by atoms with Crippen LogP contribution in [-0.4, -0.2) is 5.48 Å². The van der Waals surface area contributed by atoms with Gasteiger partial charge in [-0.15, -0.1) is 0 Å². The molecule has 0 aromatic carbocycles. The molecule has 1 heterocycles. The summed E-state index contributed by atoms with van der Waals surface area (Å²) in [5.41, 5.74) is 0. The van der Waals surface area contributed by atoms with Gasteiger partial charge in [-0.05, 0) is 0 Å². The van der Waals surface area contributed by atoms with Gasteiger partial charge >= 0.3 is 33.3 Å². The van der Waals surface area contributed by atoms with Gasteiger partial charge in [0.05, 0.1) is 0 Å². The summed E-state index contributed by atoms with van der Waals surface area (Å²) in [7, 11) is 9.59. The van der Waals surface area contributed by atoms with E-state index in [4.69, 9.17) is 20.2 Å². The number of aromatic nitrogens is 1. The number of aromatic amines is 1. The standard InChI is InChI=1S/C5H5N.3ClH.Mn.H2O/c1-2-4-6-5-3-1;;;;;/h1-5H;3*1H;;1H2/q;;;;+2;/p-2. The van der Waals surface area contributed by atoms with Crippen LogP contribution in [0, 0.1) is 0 Å². The van der Waals surface area contributed by atoms with E-state index in [1.165, 1.54) is 0 Å². The minimum Gasteiger partial charge on any atom is -0.218 e. The third kappa shape index (κ3) is 18.0. The van der Waals surface area contributed by atoms with E-state index in [1.54, 1.807) is 0 Å². The molecule has 67 valence electrons. The van der Waals surface area contributed by atoms with Gasteiger partial charge in [-0.25, -0.2) is 4.98 Å². The van der Waals surface area contributed by atoms with Crippen molar-refractivity contribution in [1.82, 2.24) is 0 Å². The largest absolute Gasteiger partial charge is 0.218 e. The fraction of sp³-hybridized carbons (Fsp3) is 0. The zero-order valence-electron chi connectivity index (χ0n) is 5.40. The molecule has 0 radical (unpaired) electrons. The van der Waals surface area contributed by atoms with Crippen molar-refractivity contribution < 1.29 is 36.0 Å². The maximum Gasteiger partial charge on any atom is 0.166 e. The maximum atomic E-state index is 4.80. The van der Waals surface area contributed by atoms with Gasteiger partial charge in [-0.2, -0.15) is 0 Å². The fourth-order valence-corrected chi connectivity index (χ4v) is 0.342. The van der Waals surface area contributed by atoms with Crippen molar-refractivity contribution in [1.29, 1.82) is 0 Å². The van der Waals surface area contributed by atoms with Crippen LogP contribution in [-0.2, 0) is 13.1 Å². The number of halogens is 3. The Kier molecular flexibility index (Phi) is 26.9. The van der Waals surface area contributed by atoms with Crippen LogP contribution >= 0.6 is 20.2 Å². The van der Waals surface area contributed by atoms with Gasteiger partial charge in [-0.1, -0.05) is 6.07 Å². The molecule has 11 heavy (non-hydrogen) atoms. The molecule has 0 aliphatic rings. The monoisotopic (exact) mass is 258 g/mol. The number of rotatable bonds is 0. The quantitative estimate of drug-likeness (QED) is 0.487. The van der Waals surface area contributed by atoms with Gasteiger partial charge in [0.2, 0.25) is 0 Å². The summed E-state index contributed by atoms with van der Waals surface area (Å²) in [5, 5.41) is 0. The van der Waals surface area contributed by atoms with E-state index in [-0.39, 0.29) is 31.0 Å². The van der Waals surface area contributed by atoms with Gasteiger partial charge in [-0.3, -0.25) is 0 Å². The van der Waals surface area contributed by atoms with Crippen molar-refractivity contribution in [3.05, 3.63) is 30.6 Å². The molecular weight excluding hydrogens is 251 g/mol. The van der Waals surface area contributed by atoms with Crippen molar-refractivity contribution in [2.75, 3.05) is 0 Å². The summed E-state index contributed by atoms with van der Waals surface area (Å²) in [4.78, 5) is 2.89. The van der Waals surface area contributed by atoms with Crippen LogP contribution in [0.15, 0.2) is 30.6 Å². The molecule has 1 aromatic heterocycles. The number of pyridine rings is 1. The zero-order chi connectivity index (χ0) is 6.95. The number of nitrogens with one attached hydrogen (secondary N) is 1. The summed E-state index contributed by atoms with van der Waals surface area (Å²) in [6, 6.07) is 5.86. The third-order valence-electron chi connectivity index (χ3n) is 0.607. The molecule has 6 heteroatoms. The Morgan fingerprint density at radius 3 is 1.45 bits per heavy atom. The van der Waals surface area contributed by atoms with E-state index in [0.717, 1.165) is 0 Å². The second-order valence-corrected chi connectivity index (χ2v) is 3.08. The van der Waals surface area contributed by atoms with E-state index in [0.29, 0.717) is 0 Å². The summed E-state index contributed by atoms with van der Waals surface area (Å²) in [5.74, 6) is 0. The Balaban J connectivity index is -0.000000116. The molecule has 0 aliphatic heterocycles. The number of H-pyrrole nitrogens is 1. The summed E-state index contributed by atoms with van der Waals surface area (Å²) in [6.07, 6.45) is 3.75. The summed E-state index contributed by atoms with van der Waals surface area (Å²) < 4.78 is 0. The first-order valence-electron chi connectivity index (χ1n) is 2.20. The maximum absolute atomic E-state index is 4.80. The molecule has 1 rings (SSSR count). The van der Waals surface area contributed by atoms with Gasteiger partial charge < -0.3 is 17.9 Å². The van der Waals surface area contributed by atoms with Crippen LogP contribution in [0.1, 0.15) is 0 Å². The van der Waals surface area contributed by atoms with Crippen molar-refractivity contribution >= 4 is 20.2 Å². The van der Waals surface area contributed by atoms with Crippen molar-refractivity contribution in [2.24, 2.45) is 0 Å². The molecule has 0 saturated carbocycles. The zero-order valence-corrected chi connectivity index (χ0v) is 8.85. The molecule has 0 amide bonds. The second kappa shape index (κ2) is 16.8. The smallest absolute Gasteiger partial charge is 0.166 e. The average molecular weight is 259 g/mol. The van der Waals surface area contributed by atoms with E-state index >= 15 is 0 Å². The number of hydrogen-bond donors (Lipinski definition) is 0. The van der Waals surface area contributed by atoms with E-state index in [2.05, 4.69) is 4.98 Å². The second-order valence-electron chi connectivity index (χ2n) is 1.13. The molecule has 0 spiro atoms. The molecule has 0 bridgehead atoms. The summed E-state index contributed by atoms with van der Waals surface area (Å²) >= 11 is 0.00694. The van der Waals surface area contributed by atoms with Crippen LogP contribution in [0.3, 0.4) is 0 Å². The topological polar surface area (TPSA) is 45.6 Å². The first kappa shape index (κ1) is 17.5. The Hall–Kier alpha value is 0.499. The van der Waals surface area contributed by atoms with Gasteiger partial charge in [0.25, 0.3) is 0 Å². The molecule has 0 saturated heterocycles. The molecule has 1 aromatic rings. The molecule has 0 unspecified atom stereocenters. The molecule has 0 aliphatic carbocycles. The van der Waals surface area contributed by atoms with Crippen LogP contribution in [0.5, 0.6) is 0 Å². The van der Waals surface area contributed by atoms with Crippen molar-refractivity contribution in [3.63, 3.8) is 0 Å². The summed E-state index contributed by atoms with van der Waals surface area (Å²) in [6.45, 7) is 0. The molecule has 0 fully saturated rings. The van der Waals surface area contributed by atoms with Gasteiger partial charge in [0.1, 0.15) is 0 Å². The molecule has 0 atom stereocenters. The normalized spacial score (nSPS) is 6.00. The van der Waals surface area contributed by atoms with E-state index in [1.807, 2.05) is 30.6 Å². The van der Waals surface area contributed by atoms with E-state index in [9.17, 15) is 0 Å². The molecule has 2 nitrogen and oxygen atoms in total. The minimum absolute atomic E-state index is 0. The van der Waals surface area contributed by atoms with Gasteiger partial charge in [0.15, 0.2) is 12.4 Å². The van der Waals surface area contributed by atoms with Gasteiger partial charge in [0, 0.05) is 12.1 Å². The Morgan fingerprint density at radius 1 is 1.00 bits per heavy atom. The predicted octanol–water partition coefficient (Wildman–Crippen LogP) is -1.94. The number of hydrogen-bond acceptors (Lipinski definition) is 0. The third-order valence-corrected chi connectivity index (χ3v) is 0.607. The first-order valence-corrected chi connectivity index (χ1v) is 5.44. The predicted molar refractivity (Wildman–Crippen MR) is 38.3 cm³/mol. The SMILES string of the molecule is O.[Cl-].[Cl][Mn][Cl].c1cc[nH+]cc1. The van der Waals surface area contributed by atoms with Crippen LogP contribution < -0.4 is 17.4 Å². The Bertz CT molecular complexity index is 105.